The number of carbonyl (C=O) groups excluding carboxylic acids is 1. The van der Waals surface area contributed by atoms with Crippen LogP contribution >= 0.6 is 15.9 Å². The summed E-state index contributed by atoms with van der Waals surface area (Å²) < 4.78 is 2.47. The van der Waals surface area contributed by atoms with E-state index in [1.54, 1.807) is 7.05 Å². The molecular formula is C12H13BrN4O. The van der Waals surface area contributed by atoms with E-state index >= 15 is 0 Å². The maximum Gasteiger partial charge on any atom is 0.271 e. The fourth-order valence-electron chi connectivity index (χ4n) is 1.60. The number of hydrogen-bond donors (Lipinski definition) is 2. The van der Waals surface area contributed by atoms with E-state index in [-0.39, 0.29) is 5.91 Å². The maximum absolute atomic E-state index is 11.9. The first-order valence-electron chi connectivity index (χ1n) is 5.38. The summed E-state index contributed by atoms with van der Waals surface area (Å²) in [5.74, 6) is -0.226. The summed E-state index contributed by atoms with van der Waals surface area (Å²) in [5.41, 5.74) is 7.46. The SMILES string of the molecule is Cn1ncc(N)c1C(=O)NCc1ccc(Br)cc1. The Labute approximate surface area is 113 Å². The highest BCUT2D eigenvalue weighted by Crippen LogP contribution is 2.11. The van der Waals surface area contributed by atoms with Gasteiger partial charge in [0, 0.05) is 18.1 Å². The monoisotopic (exact) mass is 308 g/mol. The second-order valence-electron chi connectivity index (χ2n) is 3.88. The van der Waals surface area contributed by atoms with Gasteiger partial charge >= 0.3 is 0 Å². The first-order valence-corrected chi connectivity index (χ1v) is 6.17. The van der Waals surface area contributed by atoms with Gasteiger partial charge in [0.05, 0.1) is 11.9 Å². The zero-order valence-electron chi connectivity index (χ0n) is 9.85. The number of nitrogens with one attached hydrogen (secondary N) is 1. The molecule has 0 aliphatic rings. The largest absolute Gasteiger partial charge is 0.396 e. The number of nitrogens with two attached hydrogens (primary N) is 1. The summed E-state index contributed by atoms with van der Waals surface area (Å²) >= 11 is 3.36. The van der Waals surface area contributed by atoms with E-state index in [1.807, 2.05) is 24.3 Å². The van der Waals surface area contributed by atoms with Crippen LogP contribution in [0.15, 0.2) is 34.9 Å². The Kier molecular flexibility index (Phi) is 3.66. The van der Waals surface area contributed by atoms with Crippen molar-refractivity contribution < 1.29 is 4.79 Å². The van der Waals surface area contributed by atoms with Crippen LogP contribution in [0.1, 0.15) is 16.1 Å². The van der Waals surface area contributed by atoms with Crippen molar-refractivity contribution in [2.75, 3.05) is 5.73 Å². The number of aromatic nitrogens is 2. The summed E-state index contributed by atoms with van der Waals surface area (Å²) in [6.45, 7) is 0.455. The average Bonchev–Trinajstić information content (AvgIpc) is 2.68. The van der Waals surface area contributed by atoms with Gasteiger partial charge in [-0.1, -0.05) is 28.1 Å². The lowest BCUT2D eigenvalue weighted by Gasteiger charge is -2.06. The van der Waals surface area contributed by atoms with Gasteiger partial charge in [0.2, 0.25) is 0 Å². The van der Waals surface area contributed by atoms with Crippen molar-refractivity contribution in [2.24, 2.45) is 7.05 Å². The van der Waals surface area contributed by atoms with Crippen molar-refractivity contribution >= 4 is 27.5 Å². The molecule has 0 fully saturated rings. The number of amides is 1. The lowest BCUT2D eigenvalue weighted by molar-refractivity contribution is 0.0942. The minimum absolute atomic E-state index is 0.226. The van der Waals surface area contributed by atoms with Crippen LogP contribution in [0.4, 0.5) is 5.69 Å². The van der Waals surface area contributed by atoms with Crippen molar-refractivity contribution in [3.05, 3.63) is 46.2 Å². The number of halogens is 1. The molecule has 18 heavy (non-hydrogen) atoms. The van der Waals surface area contributed by atoms with Crippen LogP contribution in [0.3, 0.4) is 0 Å². The molecule has 0 bridgehead atoms. The molecule has 94 valence electrons. The third kappa shape index (κ3) is 2.70. The van der Waals surface area contributed by atoms with Crippen molar-refractivity contribution in [3.8, 4) is 0 Å². The van der Waals surface area contributed by atoms with Gasteiger partial charge in [0.15, 0.2) is 0 Å². The zero-order chi connectivity index (χ0) is 13.1. The zero-order valence-corrected chi connectivity index (χ0v) is 11.4. The molecule has 0 spiro atoms. The van der Waals surface area contributed by atoms with E-state index < -0.39 is 0 Å². The van der Waals surface area contributed by atoms with Crippen LogP contribution in [-0.2, 0) is 13.6 Å². The Morgan fingerprint density at radius 2 is 2.11 bits per heavy atom. The van der Waals surface area contributed by atoms with Crippen molar-refractivity contribution in [3.63, 3.8) is 0 Å². The maximum atomic E-state index is 11.9. The van der Waals surface area contributed by atoms with E-state index in [2.05, 4.69) is 26.3 Å². The van der Waals surface area contributed by atoms with E-state index in [1.165, 1.54) is 10.9 Å². The quantitative estimate of drug-likeness (QED) is 0.906. The van der Waals surface area contributed by atoms with Crippen LogP contribution < -0.4 is 11.1 Å². The van der Waals surface area contributed by atoms with E-state index in [9.17, 15) is 4.79 Å². The number of aryl methyl sites for hydroxylation is 1. The molecule has 0 atom stereocenters. The Hall–Kier alpha value is -1.82. The van der Waals surface area contributed by atoms with Crippen LogP contribution in [0, 0.1) is 0 Å². The molecule has 0 saturated heterocycles. The second kappa shape index (κ2) is 5.22. The van der Waals surface area contributed by atoms with E-state index in [0.717, 1.165) is 10.0 Å². The predicted molar refractivity (Wildman–Crippen MR) is 72.9 cm³/mol. The van der Waals surface area contributed by atoms with Crippen molar-refractivity contribution in [1.82, 2.24) is 15.1 Å². The number of rotatable bonds is 3. The van der Waals surface area contributed by atoms with Gasteiger partial charge in [-0.05, 0) is 17.7 Å². The standard InChI is InChI=1S/C12H13BrN4O/c1-17-11(10(14)7-16-17)12(18)15-6-8-2-4-9(13)5-3-8/h2-5,7H,6,14H2,1H3,(H,15,18). The highest BCUT2D eigenvalue weighted by Gasteiger charge is 2.14. The smallest absolute Gasteiger partial charge is 0.271 e. The topological polar surface area (TPSA) is 72.9 Å². The Morgan fingerprint density at radius 1 is 1.44 bits per heavy atom. The van der Waals surface area contributed by atoms with Gasteiger partial charge in [-0.25, -0.2) is 0 Å². The van der Waals surface area contributed by atoms with Crippen LogP contribution in [-0.4, -0.2) is 15.7 Å². The molecule has 2 aromatic rings. The molecule has 0 aliphatic heterocycles. The molecule has 0 aliphatic carbocycles. The van der Waals surface area contributed by atoms with Gasteiger partial charge in [-0.2, -0.15) is 5.10 Å². The van der Waals surface area contributed by atoms with Gasteiger partial charge in [-0.3, -0.25) is 9.48 Å². The summed E-state index contributed by atoms with van der Waals surface area (Å²) in [4.78, 5) is 11.9. The highest BCUT2D eigenvalue weighted by atomic mass is 79.9. The Balaban J connectivity index is 2.03. The third-order valence-electron chi connectivity index (χ3n) is 2.55. The molecule has 1 heterocycles. The third-order valence-corrected chi connectivity index (χ3v) is 3.08. The van der Waals surface area contributed by atoms with Gasteiger partial charge in [0.1, 0.15) is 5.69 Å². The first kappa shape index (κ1) is 12.6. The molecule has 1 aromatic heterocycles. The van der Waals surface area contributed by atoms with Gasteiger partial charge < -0.3 is 11.1 Å². The minimum Gasteiger partial charge on any atom is -0.396 e. The molecule has 0 unspecified atom stereocenters. The van der Waals surface area contributed by atoms with Gasteiger partial charge in [-0.15, -0.1) is 0 Å². The molecule has 3 N–H and O–H groups in total. The Bertz CT molecular complexity index is 542. The lowest BCUT2D eigenvalue weighted by atomic mass is 10.2. The molecule has 2 rings (SSSR count). The lowest BCUT2D eigenvalue weighted by Crippen LogP contribution is -2.26. The normalized spacial score (nSPS) is 10.3. The second-order valence-corrected chi connectivity index (χ2v) is 4.80. The highest BCUT2D eigenvalue weighted by molar-refractivity contribution is 9.10. The molecule has 1 amide bonds. The van der Waals surface area contributed by atoms with Crippen LogP contribution in [0.25, 0.3) is 0 Å². The van der Waals surface area contributed by atoms with E-state index in [0.29, 0.717) is 17.9 Å². The Morgan fingerprint density at radius 3 is 2.67 bits per heavy atom. The molecular weight excluding hydrogens is 296 g/mol. The summed E-state index contributed by atoms with van der Waals surface area (Å²) in [5, 5.41) is 6.74. The average molecular weight is 309 g/mol. The number of hydrogen-bond acceptors (Lipinski definition) is 3. The molecule has 5 nitrogen and oxygen atoms in total. The predicted octanol–water partition coefficient (Wildman–Crippen LogP) is 1.69. The first-order chi connectivity index (χ1) is 8.58. The van der Waals surface area contributed by atoms with E-state index in [4.69, 9.17) is 5.73 Å². The molecule has 0 saturated carbocycles. The summed E-state index contributed by atoms with van der Waals surface area (Å²) in [6.07, 6.45) is 1.47. The molecule has 0 radical (unpaired) electrons. The summed E-state index contributed by atoms with van der Waals surface area (Å²) in [7, 11) is 1.69. The fraction of sp³-hybridized carbons (Fsp3) is 0.167. The van der Waals surface area contributed by atoms with Crippen molar-refractivity contribution in [2.45, 2.75) is 6.54 Å². The molecule has 6 heteroatoms. The van der Waals surface area contributed by atoms with Gasteiger partial charge in [0.25, 0.3) is 5.91 Å². The summed E-state index contributed by atoms with van der Waals surface area (Å²) in [6, 6.07) is 7.74. The number of nitrogen functional groups attached to an aromatic ring is 1. The fourth-order valence-corrected chi connectivity index (χ4v) is 1.87. The minimum atomic E-state index is -0.226. The molecule has 1 aromatic carbocycles. The van der Waals surface area contributed by atoms with Crippen LogP contribution in [0.2, 0.25) is 0 Å². The van der Waals surface area contributed by atoms with Crippen LogP contribution in [0.5, 0.6) is 0 Å². The number of benzene rings is 1. The number of nitrogens with zero attached hydrogens (tertiary/aromatic N) is 2. The van der Waals surface area contributed by atoms with Crippen molar-refractivity contribution in [1.29, 1.82) is 0 Å². The number of anilines is 1. The number of carbonyl (C=O) groups is 1.